The van der Waals surface area contributed by atoms with Crippen molar-refractivity contribution in [2.75, 3.05) is 13.7 Å². The molecule has 6 nitrogen and oxygen atoms in total. The first-order valence-corrected chi connectivity index (χ1v) is 4.52. The van der Waals surface area contributed by atoms with Crippen LogP contribution in [-0.2, 0) is 4.74 Å². The fraction of sp³-hybridized carbons (Fsp3) is 0.750. The molecule has 6 heteroatoms. The van der Waals surface area contributed by atoms with Crippen LogP contribution in [0.2, 0.25) is 0 Å². The lowest BCUT2D eigenvalue weighted by Gasteiger charge is -2.33. The second-order valence-electron chi connectivity index (χ2n) is 3.20. The monoisotopic (exact) mass is 201 g/mol. The third kappa shape index (κ3) is 2.07. The minimum absolute atomic E-state index is 0.0649. The quantitative estimate of drug-likeness (QED) is 0.277. The molecule has 14 heavy (non-hydrogen) atoms. The van der Waals surface area contributed by atoms with E-state index < -0.39 is 6.09 Å². The van der Waals surface area contributed by atoms with Gasteiger partial charge < -0.3 is 15.7 Å². The van der Waals surface area contributed by atoms with Gasteiger partial charge in [-0.1, -0.05) is 5.16 Å². The summed E-state index contributed by atoms with van der Waals surface area (Å²) in [6.45, 7) is 0.591. The fourth-order valence-corrected chi connectivity index (χ4v) is 1.64. The number of amidine groups is 1. The summed E-state index contributed by atoms with van der Waals surface area (Å²) < 4.78 is 4.61. The van der Waals surface area contributed by atoms with Crippen molar-refractivity contribution >= 4 is 11.9 Å². The van der Waals surface area contributed by atoms with Crippen molar-refractivity contribution in [3.05, 3.63) is 0 Å². The number of hydrogen-bond acceptors (Lipinski definition) is 4. The Morgan fingerprint density at radius 1 is 1.64 bits per heavy atom. The number of methoxy groups -OCH3 is 1. The van der Waals surface area contributed by atoms with Gasteiger partial charge in [-0.25, -0.2) is 4.79 Å². The maximum atomic E-state index is 11.3. The van der Waals surface area contributed by atoms with Crippen LogP contribution in [0.1, 0.15) is 19.3 Å². The molecule has 1 heterocycles. The lowest BCUT2D eigenvalue weighted by atomic mass is 10.0. The van der Waals surface area contributed by atoms with Gasteiger partial charge in [0.15, 0.2) is 5.84 Å². The Morgan fingerprint density at radius 3 is 2.93 bits per heavy atom. The Labute approximate surface area is 82.3 Å². The SMILES string of the molecule is COC(=O)N1CCCCC1C(N)=NO. The Bertz CT molecular complexity index is 242. The number of carbonyl (C=O) groups is 1. The molecule has 0 saturated carbocycles. The van der Waals surface area contributed by atoms with Crippen molar-refractivity contribution < 1.29 is 14.7 Å². The third-order valence-corrected chi connectivity index (χ3v) is 2.37. The van der Waals surface area contributed by atoms with Gasteiger partial charge in [-0.2, -0.15) is 0 Å². The van der Waals surface area contributed by atoms with E-state index in [9.17, 15) is 4.79 Å². The number of hydrogen-bond donors (Lipinski definition) is 2. The van der Waals surface area contributed by atoms with Gasteiger partial charge in [0.25, 0.3) is 0 Å². The molecule has 1 fully saturated rings. The van der Waals surface area contributed by atoms with Crippen molar-refractivity contribution in [1.82, 2.24) is 4.90 Å². The summed E-state index contributed by atoms with van der Waals surface area (Å²) in [5.74, 6) is 0.0649. The molecule has 0 aromatic carbocycles. The number of ether oxygens (including phenoxy) is 1. The number of piperidine rings is 1. The second-order valence-corrected chi connectivity index (χ2v) is 3.20. The molecule has 0 aromatic rings. The van der Waals surface area contributed by atoms with Crippen LogP contribution >= 0.6 is 0 Å². The molecule has 0 spiro atoms. The zero-order valence-electron chi connectivity index (χ0n) is 8.14. The van der Waals surface area contributed by atoms with E-state index >= 15 is 0 Å². The number of oxime groups is 1. The van der Waals surface area contributed by atoms with Crippen LogP contribution < -0.4 is 5.73 Å². The van der Waals surface area contributed by atoms with Gasteiger partial charge in [0.05, 0.1) is 13.2 Å². The van der Waals surface area contributed by atoms with Crippen LogP contribution in [0, 0.1) is 0 Å². The van der Waals surface area contributed by atoms with Gasteiger partial charge in [-0.15, -0.1) is 0 Å². The van der Waals surface area contributed by atoms with E-state index in [-0.39, 0.29) is 11.9 Å². The topological polar surface area (TPSA) is 88.2 Å². The van der Waals surface area contributed by atoms with Gasteiger partial charge in [-0.05, 0) is 19.3 Å². The summed E-state index contributed by atoms with van der Waals surface area (Å²) in [6, 6.07) is -0.332. The summed E-state index contributed by atoms with van der Waals surface area (Å²) in [5.41, 5.74) is 5.48. The van der Waals surface area contributed by atoms with Crippen LogP contribution in [-0.4, -0.2) is 41.7 Å². The first kappa shape index (κ1) is 10.6. The average molecular weight is 201 g/mol. The molecule has 1 rings (SSSR count). The zero-order valence-corrected chi connectivity index (χ0v) is 8.14. The molecule has 0 aromatic heterocycles. The Morgan fingerprint density at radius 2 is 2.36 bits per heavy atom. The highest BCUT2D eigenvalue weighted by molar-refractivity contribution is 5.88. The van der Waals surface area contributed by atoms with E-state index in [0.29, 0.717) is 13.0 Å². The molecule has 0 aliphatic carbocycles. The van der Waals surface area contributed by atoms with Gasteiger partial charge in [-0.3, -0.25) is 4.90 Å². The summed E-state index contributed by atoms with van der Waals surface area (Å²) in [4.78, 5) is 12.8. The molecule has 1 amide bonds. The summed E-state index contributed by atoms with van der Waals surface area (Å²) >= 11 is 0. The molecular formula is C8H15N3O3. The Kier molecular flexibility index (Phi) is 3.55. The van der Waals surface area contributed by atoms with Gasteiger partial charge in [0, 0.05) is 6.54 Å². The highest BCUT2D eigenvalue weighted by Gasteiger charge is 2.30. The summed E-state index contributed by atoms with van der Waals surface area (Å²) in [7, 11) is 1.32. The molecule has 0 radical (unpaired) electrons. The fourth-order valence-electron chi connectivity index (χ4n) is 1.64. The Hall–Kier alpha value is -1.46. The normalized spacial score (nSPS) is 23.4. The van der Waals surface area contributed by atoms with E-state index in [4.69, 9.17) is 10.9 Å². The highest BCUT2D eigenvalue weighted by atomic mass is 16.5. The van der Waals surface area contributed by atoms with Crippen molar-refractivity contribution in [2.45, 2.75) is 25.3 Å². The van der Waals surface area contributed by atoms with Crippen molar-refractivity contribution in [3.8, 4) is 0 Å². The second kappa shape index (κ2) is 4.69. The van der Waals surface area contributed by atoms with Crippen LogP contribution in [0.4, 0.5) is 4.79 Å². The molecule has 1 atom stereocenters. The van der Waals surface area contributed by atoms with Gasteiger partial charge in [0.1, 0.15) is 0 Å². The highest BCUT2D eigenvalue weighted by Crippen LogP contribution is 2.17. The summed E-state index contributed by atoms with van der Waals surface area (Å²) in [6.07, 6.45) is 2.17. The number of amides is 1. The lowest BCUT2D eigenvalue weighted by molar-refractivity contribution is 0.104. The van der Waals surface area contributed by atoms with Crippen LogP contribution in [0.5, 0.6) is 0 Å². The number of carbonyl (C=O) groups excluding carboxylic acids is 1. The van der Waals surface area contributed by atoms with Gasteiger partial charge >= 0.3 is 6.09 Å². The first-order chi connectivity index (χ1) is 6.70. The van der Waals surface area contributed by atoms with Crippen LogP contribution in [0.3, 0.4) is 0 Å². The maximum Gasteiger partial charge on any atom is 0.410 e. The van der Waals surface area contributed by atoms with E-state index in [0.717, 1.165) is 12.8 Å². The van der Waals surface area contributed by atoms with Gasteiger partial charge in [0.2, 0.25) is 0 Å². The standard InChI is InChI=1S/C8H15N3O3/c1-14-8(12)11-5-3-2-4-6(11)7(9)10-13/h6,13H,2-5H2,1H3,(H2,9,10). The summed E-state index contributed by atoms with van der Waals surface area (Å²) in [5, 5.41) is 11.5. The third-order valence-electron chi connectivity index (χ3n) is 2.37. The average Bonchev–Trinajstić information content (AvgIpc) is 2.27. The van der Waals surface area contributed by atoms with Crippen LogP contribution in [0.15, 0.2) is 5.16 Å². The molecule has 1 aliphatic heterocycles. The molecule has 1 unspecified atom stereocenters. The molecule has 1 saturated heterocycles. The predicted molar refractivity (Wildman–Crippen MR) is 50.2 cm³/mol. The minimum atomic E-state index is -0.429. The maximum absolute atomic E-state index is 11.3. The van der Waals surface area contributed by atoms with E-state index in [1.165, 1.54) is 12.0 Å². The number of likely N-dealkylation sites (tertiary alicyclic amines) is 1. The molecule has 3 N–H and O–H groups in total. The Balaban J connectivity index is 2.73. The largest absolute Gasteiger partial charge is 0.453 e. The smallest absolute Gasteiger partial charge is 0.410 e. The molecule has 80 valence electrons. The first-order valence-electron chi connectivity index (χ1n) is 4.52. The van der Waals surface area contributed by atoms with E-state index in [2.05, 4.69) is 9.89 Å². The number of rotatable bonds is 1. The molecule has 0 bridgehead atoms. The lowest BCUT2D eigenvalue weighted by Crippen LogP contribution is -2.50. The number of nitrogens with zero attached hydrogens (tertiary/aromatic N) is 2. The van der Waals surface area contributed by atoms with Crippen molar-refractivity contribution in [2.24, 2.45) is 10.9 Å². The van der Waals surface area contributed by atoms with Crippen molar-refractivity contribution in [1.29, 1.82) is 0 Å². The van der Waals surface area contributed by atoms with E-state index in [1.807, 2.05) is 0 Å². The predicted octanol–water partition coefficient (Wildman–Crippen LogP) is 0.354. The zero-order chi connectivity index (χ0) is 10.6. The minimum Gasteiger partial charge on any atom is -0.453 e. The number of nitrogens with two attached hydrogens (primary N) is 1. The van der Waals surface area contributed by atoms with Crippen LogP contribution in [0.25, 0.3) is 0 Å². The van der Waals surface area contributed by atoms with E-state index in [1.54, 1.807) is 0 Å². The molecule has 1 aliphatic rings. The van der Waals surface area contributed by atoms with Crippen molar-refractivity contribution in [3.63, 3.8) is 0 Å². The molecular weight excluding hydrogens is 186 g/mol.